The minimum Gasteiger partial charge on any atom is -0.316 e. The molecular formula is C16H18N6. The van der Waals surface area contributed by atoms with Crippen molar-refractivity contribution in [3.63, 3.8) is 0 Å². The largest absolute Gasteiger partial charge is 0.316 e. The minimum atomic E-state index is 0.675. The van der Waals surface area contributed by atoms with Crippen molar-refractivity contribution in [2.24, 2.45) is 5.92 Å². The van der Waals surface area contributed by atoms with Crippen molar-refractivity contribution in [1.82, 2.24) is 29.7 Å². The third kappa shape index (κ3) is 2.57. The first-order valence-electron chi connectivity index (χ1n) is 7.70. The van der Waals surface area contributed by atoms with E-state index in [-0.39, 0.29) is 0 Å². The van der Waals surface area contributed by atoms with Crippen molar-refractivity contribution in [3.8, 4) is 11.4 Å². The Balaban J connectivity index is 1.56. The molecule has 0 bridgehead atoms. The zero-order valence-corrected chi connectivity index (χ0v) is 12.3. The number of nitrogens with zero attached hydrogens (tertiary/aromatic N) is 5. The van der Waals surface area contributed by atoms with E-state index in [0.717, 1.165) is 36.6 Å². The molecule has 0 unspecified atom stereocenters. The maximum absolute atomic E-state index is 4.58. The van der Waals surface area contributed by atoms with Crippen LogP contribution in [0.3, 0.4) is 0 Å². The van der Waals surface area contributed by atoms with Crippen LogP contribution >= 0.6 is 0 Å². The molecule has 1 N–H and O–H groups in total. The molecule has 1 atom stereocenters. The maximum Gasteiger partial charge on any atom is 0.234 e. The van der Waals surface area contributed by atoms with E-state index in [0.29, 0.717) is 11.7 Å². The van der Waals surface area contributed by atoms with Gasteiger partial charge in [0, 0.05) is 18.6 Å². The summed E-state index contributed by atoms with van der Waals surface area (Å²) >= 11 is 0. The molecule has 0 aliphatic carbocycles. The van der Waals surface area contributed by atoms with Crippen molar-refractivity contribution in [2.75, 3.05) is 13.1 Å². The number of piperidine rings is 1. The van der Waals surface area contributed by atoms with E-state index >= 15 is 0 Å². The molecule has 1 aliphatic rings. The van der Waals surface area contributed by atoms with Crippen molar-refractivity contribution in [3.05, 3.63) is 42.7 Å². The lowest BCUT2D eigenvalue weighted by Gasteiger charge is -2.22. The third-order valence-electron chi connectivity index (χ3n) is 4.15. The summed E-state index contributed by atoms with van der Waals surface area (Å²) in [5.74, 6) is 1.35. The zero-order chi connectivity index (χ0) is 14.8. The van der Waals surface area contributed by atoms with Crippen LogP contribution in [0.1, 0.15) is 18.5 Å². The second-order valence-electron chi connectivity index (χ2n) is 5.74. The van der Waals surface area contributed by atoms with Crippen LogP contribution in [0.25, 0.3) is 17.2 Å². The molecule has 0 aromatic carbocycles. The monoisotopic (exact) mass is 294 g/mol. The van der Waals surface area contributed by atoms with Crippen molar-refractivity contribution in [2.45, 2.75) is 19.3 Å². The van der Waals surface area contributed by atoms with Gasteiger partial charge in [0.25, 0.3) is 0 Å². The number of hydrogen-bond acceptors (Lipinski definition) is 5. The number of nitrogens with one attached hydrogen (secondary N) is 1. The molecule has 22 heavy (non-hydrogen) atoms. The van der Waals surface area contributed by atoms with Gasteiger partial charge in [0.1, 0.15) is 5.69 Å². The van der Waals surface area contributed by atoms with Crippen molar-refractivity contribution in [1.29, 1.82) is 0 Å². The molecule has 0 radical (unpaired) electrons. The SMILES string of the molecule is c1cnc2ncc(-c3cnc(C[C@@H]4CCCNC4)cn3)n2c1. The highest BCUT2D eigenvalue weighted by Crippen LogP contribution is 2.19. The van der Waals surface area contributed by atoms with Crippen molar-refractivity contribution < 1.29 is 0 Å². The third-order valence-corrected chi connectivity index (χ3v) is 4.15. The molecule has 3 aromatic heterocycles. The van der Waals surface area contributed by atoms with Crippen LogP contribution in [0.2, 0.25) is 0 Å². The number of rotatable bonds is 3. The molecule has 112 valence electrons. The highest BCUT2D eigenvalue weighted by Gasteiger charge is 2.15. The van der Waals surface area contributed by atoms with E-state index in [2.05, 4.69) is 25.3 Å². The van der Waals surface area contributed by atoms with Crippen LogP contribution in [-0.4, -0.2) is 37.4 Å². The Morgan fingerprint density at radius 1 is 1.14 bits per heavy atom. The summed E-state index contributed by atoms with van der Waals surface area (Å²) in [6.07, 6.45) is 12.7. The second-order valence-corrected chi connectivity index (χ2v) is 5.74. The fourth-order valence-corrected chi connectivity index (χ4v) is 3.00. The average Bonchev–Trinajstić information content (AvgIpc) is 3.01. The summed E-state index contributed by atoms with van der Waals surface area (Å²) < 4.78 is 1.93. The molecule has 4 rings (SSSR count). The first-order valence-corrected chi connectivity index (χ1v) is 7.70. The molecule has 6 nitrogen and oxygen atoms in total. The van der Waals surface area contributed by atoms with Gasteiger partial charge in [-0.3, -0.25) is 14.4 Å². The fourth-order valence-electron chi connectivity index (χ4n) is 3.00. The molecule has 3 aromatic rings. The topological polar surface area (TPSA) is 68.0 Å². The van der Waals surface area contributed by atoms with Crippen molar-refractivity contribution >= 4 is 5.78 Å². The highest BCUT2D eigenvalue weighted by molar-refractivity contribution is 5.56. The molecule has 1 saturated heterocycles. The Kier molecular flexibility index (Phi) is 3.52. The summed E-state index contributed by atoms with van der Waals surface area (Å²) in [7, 11) is 0. The lowest BCUT2D eigenvalue weighted by atomic mass is 9.95. The van der Waals surface area contributed by atoms with Crippen LogP contribution < -0.4 is 5.32 Å². The van der Waals surface area contributed by atoms with Crippen LogP contribution in [0.5, 0.6) is 0 Å². The standard InChI is InChI=1S/C16H18N6/c1-3-12(8-17-4-1)7-13-9-20-14(10-19-13)15-11-21-16-18-5-2-6-22(15)16/h2,5-6,9-12,17H,1,3-4,7-8H2/t12-/m0/s1. The molecule has 0 spiro atoms. The zero-order valence-electron chi connectivity index (χ0n) is 12.3. The smallest absolute Gasteiger partial charge is 0.234 e. The van der Waals surface area contributed by atoms with Crippen LogP contribution in [-0.2, 0) is 6.42 Å². The molecule has 6 heteroatoms. The molecule has 1 aliphatic heterocycles. The summed E-state index contributed by atoms with van der Waals surface area (Å²) in [5, 5.41) is 3.44. The fraction of sp³-hybridized carbons (Fsp3) is 0.375. The lowest BCUT2D eigenvalue weighted by molar-refractivity contribution is 0.373. The number of hydrogen-bond donors (Lipinski definition) is 1. The summed E-state index contributed by atoms with van der Waals surface area (Å²) in [6.45, 7) is 2.23. The normalized spacial score (nSPS) is 18.6. The number of fused-ring (bicyclic) bond motifs is 1. The Morgan fingerprint density at radius 2 is 2.14 bits per heavy atom. The summed E-state index contributed by atoms with van der Waals surface area (Å²) in [4.78, 5) is 17.7. The average molecular weight is 294 g/mol. The quantitative estimate of drug-likeness (QED) is 0.796. The van der Waals surface area contributed by atoms with Crippen LogP contribution in [0, 0.1) is 5.92 Å². The molecule has 1 fully saturated rings. The van der Waals surface area contributed by atoms with E-state index in [9.17, 15) is 0 Å². The number of aromatic nitrogens is 5. The van der Waals surface area contributed by atoms with Gasteiger partial charge in [-0.05, 0) is 44.3 Å². The number of imidazole rings is 1. The van der Waals surface area contributed by atoms with Gasteiger partial charge in [-0.2, -0.15) is 0 Å². The Bertz CT molecular complexity index is 758. The van der Waals surface area contributed by atoms with Gasteiger partial charge in [-0.15, -0.1) is 0 Å². The Labute approximate surface area is 128 Å². The van der Waals surface area contributed by atoms with E-state index in [1.54, 1.807) is 12.4 Å². The van der Waals surface area contributed by atoms with Gasteiger partial charge in [0.2, 0.25) is 5.78 Å². The predicted octanol–water partition coefficient (Wildman–Crippen LogP) is 1.73. The maximum atomic E-state index is 4.58. The van der Waals surface area contributed by atoms with Gasteiger partial charge in [0.05, 0.1) is 23.8 Å². The van der Waals surface area contributed by atoms with E-state index in [4.69, 9.17) is 0 Å². The Hall–Kier alpha value is -2.34. The molecule has 4 heterocycles. The van der Waals surface area contributed by atoms with E-state index in [1.807, 2.05) is 29.1 Å². The summed E-state index contributed by atoms with van der Waals surface area (Å²) in [5.41, 5.74) is 2.80. The molecular weight excluding hydrogens is 276 g/mol. The first kappa shape index (κ1) is 13.3. The van der Waals surface area contributed by atoms with Gasteiger partial charge >= 0.3 is 0 Å². The molecule has 0 amide bonds. The van der Waals surface area contributed by atoms with Crippen LogP contribution in [0.15, 0.2) is 37.1 Å². The van der Waals surface area contributed by atoms with Gasteiger partial charge in [-0.25, -0.2) is 9.97 Å². The molecule has 0 saturated carbocycles. The summed E-state index contributed by atoms with van der Waals surface area (Å²) in [6, 6.07) is 1.88. The lowest BCUT2D eigenvalue weighted by Crippen LogP contribution is -2.31. The first-order chi connectivity index (χ1) is 10.9. The highest BCUT2D eigenvalue weighted by atomic mass is 15.1. The minimum absolute atomic E-state index is 0.675. The van der Waals surface area contributed by atoms with Crippen LogP contribution in [0.4, 0.5) is 0 Å². The van der Waals surface area contributed by atoms with Gasteiger partial charge in [-0.1, -0.05) is 0 Å². The van der Waals surface area contributed by atoms with Gasteiger partial charge < -0.3 is 5.32 Å². The second kappa shape index (κ2) is 5.81. The van der Waals surface area contributed by atoms with Gasteiger partial charge in [0.15, 0.2) is 0 Å². The Morgan fingerprint density at radius 3 is 2.95 bits per heavy atom. The predicted molar refractivity (Wildman–Crippen MR) is 83.3 cm³/mol. The van der Waals surface area contributed by atoms with E-state index < -0.39 is 0 Å². The van der Waals surface area contributed by atoms with E-state index in [1.165, 1.54) is 12.8 Å².